The van der Waals surface area contributed by atoms with E-state index in [1.807, 2.05) is 24.8 Å². The second-order valence-electron chi connectivity index (χ2n) is 3.87. The molecule has 0 aromatic heterocycles. The Morgan fingerprint density at radius 3 is 2.75 bits per heavy atom. The fraction of sp³-hybridized carbons (Fsp3) is 0.750. The summed E-state index contributed by atoms with van der Waals surface area (Å²) in [7, 11) is 1.43. The molecule has 0 amide bonds. The van der Waals surface area contributed by atoms with E-state index in [9.17, 15) is 4.79 Å². The number of carbonyl (C=O) groups excluding carboxylic acids is 1. The van der Waals surface area contributed by atoms with Gasteiger partial charge in [0.1, 0.15) is 0 Å². The number of esters is 1. The summed E-state index contributed by atoms with van der Waals surface area (Å²) in [6.45, 7) is 2.74. The molecule has 4 heteroatoms. The maximum absolute atomic E-state index is 11.3. The van der Waals surface area contributed by atoms with Gasteiger partial charge < -0.3 is 10.1 Å². The third-order valence-electron chi connectivity index (χ3n) is 2.80. The van der Waals surface area contributed by atoms with Crippen LogP contribution in [-0.4, -0.2) is 37.2 Å². The van der Waals surface area contributed by atoms with Gasteiger partial charge in [0, 0.05) is 18.2 Å². The summed E-state index contributed by atoms with van der Waals surface area (Å²) >= 11 is 2.02. The van der Waals surface area contributed by atoms with E-state index in [0.29, 0.717) is 6.04 Å². The van der Waals surface area contributed by atoms with E-state index in [1.54, 1.807) is 0 Å². The van der Waals surface area contributed by atoms with E-state index in [2.05, 4.69) is 5.32 Å². The van der Waals surface area contributed by atoms with Gasteiger partial charge in [-0.25, -0.2) is 4.79 Å². The molecular weight excluding hydrogens is 222 g/mol. The fourth-order valence-electron chi connectivity index (χ4n) is 1.75. The molecule has 1 rings (SSSR count). The zero-order valence-corrected chi connectivity index (χ0v) is 10.9. The van der Waals surface area contributed by atoms with Crippen molar-refractivity contribution < 1.29 is 9.53 Å². The van der Waals surface area contributed by atoms with Gasteiger partial charge in [0.2, 0.25) is 0 Å². The van der Waals surface area contributed by atoms with Gasteiger partial charge in [-0.15, -0.1) is 0 Å². The van der Waals surface area contributed by atoms with Crippen molar-refractivity contribution >= 4 is 17.7 Å². The molecule has 1 heterocycles. The molecule has 1 fully saturated rings. The maximum Gasteiger partial charge on any atom is 0.333 e. The summed E-state index contributed by atoms with van der Waals surface area (Å²) in [5.41, 5.74) is 0.764. The van der Waals surface area contributed by atoms with Crippen molar-refractivity contribution in [3.05, 3.63) is 11.6 Å². The monoisotopic (exact) mass is 243 g/mol. The molecule has 0 bridgehead atoms. The van der Waals surface area contributed by atoms with Gasteiger partial charge in [0.25, 0.3) is 0 Å². The lowest BCUT2D eigenvalue weighted by Gasteiger charge is -2.21. The SMILES string of the molecule is CCC(=CCNC1CCSCC1)C(=O)OC. The van der Waals surface area contributed by atoms with Crippen molar-refractivity contribution in [2.45, 2.75) is 32.2 Å². The Labute approximate surface area is 102 Å². The van der Waals surface area contributed by atoms with Gasteiger partial charge in [-0.3, -0.25) is 0 Å². The Bertz CT molecular complexity index is 247. The zero-order chi connectivity index (χ0) is 11.8. The summed E-state index contributed by atoms with van der Waals surface area (Å²) in [6, 6.07) is 0.619. The Balaban J connectivity index is 2.30. The first-order chi connectivity index (χ1) is 7.77. The van der Waals surface area contributed by atoms with Crippen molar-refractivity contribution in [2.24, 2.45) is 0 Å². The smallest absolute Gasteiger partial charge is 0.333 e. The minimum absolute atomic E-state index is 0.205. The Morgan fingerprint density at radius 1 is 1.50 bits per heavy atom. The third-order valence-corrected chi connectivity index (χ3v) is 3.85. The van der Waals surface area contributed by atoms with Crippen molar-refractivity contribution in [1.82, 2.24) is 5.32 Å². The van der Waals surface area contributed by atoms with Crippen LogP contribution < -0.4 is 5.32 Å². The molecular formula is C12H21NO2S. The highest BCUT2D eigenvalue weighted by molar-refractivity contribution is 7.99. The summed E-state index contributed by atoms with van der Waals surface area (Å²) in [5, 5.41) is 3.47. The second-order valence-corrected chi connectivity index (χ2v) is 5.09. The standard InChI is InChI=1S/C12H21NO2S/c1-3-10(12(14)15-2)4-7-13-11-5-8-16-9-6-11/h4,11,13H,3,5-9H2,1-2H3. The molecule has 0 aromatic carbocycles. The molecule has 1 N–H and O–H groups in total. The van der Waals surface area contributed by atoms with Crippen LogP contribution in [0.4, 0.5) is 0 Å². The molecule has 1 aliphatic heterocycles. The summed E-state index contributed by atoms with van der Waals surface area (Å²) in [4.78, 5) is 11.3. The minimum Gasteiger partial charge on any atom is -0.466 e. The van der Waals surface area contributed by atoms with E-state index < -0.39 is 0 Å². The molecule has 1 aliphatic rings. The minimum atomic E-state index is -0.205. The van der Waals surface area contributed by atoms with E-state index in [0.717, 1.165) is 18.5 Å². The normalized spacial score (nSPS) is 18.5. The number of hydrogen-bond acceptors (Lipinski definition) is 4. The third kappa shape index (κ3) is 4.58. The molecule has 16 heavy (non-hydrogen) atoms. The lowest BCUT2D eigenvalue weighted by Crippen LogP contribution is -2.32. The van der Waals surface area contributed by atoms with Crippen molar-refractivity contribution in [3.63, 3.8) is 0 Å². The van der Waals surface area contributed by atoms with Crippen molar-refractivity contribution in [2.75, 3.05) is 25.2 Å². The molecule has 1 saturated heterocycles. The lowest BCUT2D eigenvalue weighted by atomic mass is 10.1. The van der Waals surface area contributed by atoms with Crippen LogP contribution in [0.1, 0.15) is 26.2 Å². The molecule has 0 aliphatic carbocycles. The molecule has 0 unspecified atom stereocenters. The van der Waals surface area contributed by atoms with Crippen LogP contribution in [0, 0.1) is 0 Å². The summed E-state index contributed by atoms with van der Waals surface area (Å²) in [5.74, 6) is 2.29. The van der Waals surface area contributed by atoms with Gasteiger partial charge >= 0.3 is 5.97 Å². The van der Waals surface area contributed by atoms with Gasteiger partial charge in [0.05, 0.1) is 7.11 Å². The molecule has 0 atom stereocenters. The fourth-order valence-corrected chi connectivity index (χ4v) is 2.86. The quantitative estimate of drug-likeness (QED) is 0.592. The van der Waals surface area contributed by atoms with Gasteiger partial charge in [-0.2, -0.15) is 11.8 Å². The molecule has 0 radical (unpaired) electrons. The number of carbonyl (C=O) groups is 1. The highest BCUT2D eigenvalue weighted by Crippen LogP contribution is 2.16. The van der Waals surface area contributed by atoms with Crippen LogP contribution in [0.3, 0.4) is 0 Å². The summed E-state index contributed by atoms with van der Waals surface area (Å²) < 4.78 is 4.71. The first-order valence-corrected chi connectivity index (χ1v) is 7.01. The molecule has 0 spiro atoms. The van der Waals surface area contributed by atoms with Crippen LogP contribution in [0.15, 0.2) is 11.6 Å². The number of nitrogens with one attached hydrogen (secondary N) is 1. The predicted molar refractivity (Wildman–Crippen MR) is 68.7 cm³/mol. The van der Waals surface area contributed by atoms with E-state index in [-0.39, 0.29) is 5.97 Å². The summed E-state index contributed by atoms with van der Waals surface area (Å²) in [6.07, 6.45) is 5.15. The van der Waals surface area contributed by atoms with Crippen LogP contribution in [0.5, 0.6) is 0 Å². The van der Waals surface area contributed by atoms with E-state index >= 15 is 0 Å². The Hall–Kier alpha value is -0.480. The molecule has 0 aromatic rings. The zero-order valence-electron chi connectivity index (χ0n) is 10.1. The van der Waals surface area contributed by atoms with E-state index in [1.165, 1.54) is 31.5 Å². The highest BCUT2D eigenvalue weighted by atomic mass is 32.2. The highest BCUT2D eigenvalue weighted by Gasteiger charge is 2.12. The van der Waals surface area contributed by atoms with Crippen LogP contribution >= 0.6 is 11.8 Å². The topological polar surface area (TPSA) is 38.3 Å². The number of methoxy groups -OCH3 is 1. The van der Waals surface area contributed by atoms with Crippen molar-refractivity contribution in [3.8, 4) is 0 Å². The molecule has 0 saturated carbocycles. The predicted octanol–water partition coefficient (Wildman–Crippen LogP) is 1.98. The Kier molecular flexibility index (Phi) is 6.57. The Morgan fingerprint density at radius 2 is 2.19 bits per heavy atom. The average molecular weight is 243 g/mol. The van der Waals surface area contributed by atoms with Crippen molar-refractivity contribution in [1.29, 1.82) is 0 Å². The largest absolute Gasteiger partial charge is 0.466 e. The molecule has 3 nitrogen and oxygen atoms in total. The van der Waals surface area contributed by atoms with Crippen LogP contribution in [0.25, 0.3) is 0 Å². The second kappa shape index (κ2) is 7.74. The maximum atomic E-state index is 11.3. The first-order valence-electron chi connectivity index (χ1n) is 5.86. The van der Waals surface area contributed by atoms with Gasteiger partial charge in [0.15, 0.2) is 0 Å². The van der Waals surface area contributed by atoms with Crippen LogP contribution in [0.2, 0.25) is 0 Å². The number of rotatable bonds is 5. The lowest BCUT2D eigenvalue weighted by molar-refractivity contribution is -0.136. The average Bonchev–Trinajstić information content (AvgIpc) is 2.35. The van der Waals surface area contributed by atoms with E-state index in [4.69, 9.17) is 4.74 Å². The van der Waals surface area contributed by atoms with Crippen LogP contribution in [-0.2, 0) is 9.53 Å². The number of thioether (sulfide) groups is 1. The van der Waals surface area contributed by atoms with Gasteiger partial charge in [-0.1, -0.05) is 13.0 Å². The first kappa shape index (κ1) is 13.6. The van der Waals surface area contributed by atoms with Gasteiger partial charge in [-0.05, 0) is 30.8 Å². The molecule has 92 valence electrons. The number of ether oxygens (including phenoxy) is 1. The number of hydrogen-bond donors (Lipinski definition) is 1.